The number of hydrogen-bond acceptors (Lipinski definition) is 2. The van der Waals surface area contributed by atoms with Gasteiger partial charge in [0.05, 0.1) is 12.1 Å². The van der Waals surface area contributed by atoms with Crippen LogP contribution in [0.5, 0.6) is 0 Å². The van der Waals surface area contributed by atoms with Crippen LogP contribution < -0.4 is 10.6 Å². The van der Waals surface area contributed by atoms with Crippen molar-refractivity contribution in [1.82, 2.24) is 10.6 Å². The molecule has 20 heavy (non-hydrogen) atoms. The van der Waals surface area contributed by atoms with Crippen molar-refractivity contribution in [3.63, 3.8) is 0 Å². The molecule has 1 fully saturated rings. The molecule has 0 aromatic heterocycles. The molecule has 0 radical (unpaired) electrons. The van der Waals surface area contributed by atoms with Crippen molar-refractivity contribution in [3.05, 3.63) is 35.4 Å². The quantitative estimate of drug-likeness (QED) is 0.889. The van der Waals surface area contributed by atoms with E-state index in [1.54, 1.807) is 0 Å². The van der Waals surface area contributed by atoms with Crippen LogP contribution in [-0.2, 0) is 4.79 Å². The van der Waals surface area contributed by atoms with Crippen LogP contribution in [0, 0.1) is 12.3 Å². The molecule has 1 aliphatic rings. The Bertz CT molecular complexity index is 464. The number of nitrogens with one attached hydrogen (secondary N) is 2. The van der Waals surface area contributed by atoms with Gasteiger partial charge in [0.25, 0.3) is 0 Å². The van der Waals surface area contributed by atoms with E-state index in [2.05, 4.69) is 55.7 Å². The summed E-state index contributed by atoms with van der Waals surface area (Å²) in [6.45, 7) is 9.38. The summed E-state index contributed by atoms with van der Waals surface area (Å²) in [6.07, 6.45) is 2.24. The third-order valence-electron chi connectivity index (χ3n) is 4.33. The molecular weight excluding hydrogens is 248 g/mol. The highest BCUT2D eigenvalue weighted by Gasteiger charge is 2.37. The number of carbonyl (C=O) groups is 1. The monoisotopic (exact) mass is 274 g/mol. The first-order valence-electron chi connectivity index (χ1n) is 7.50. The fourth-order valence-electron chi connectivity index (χ4n) is 2.89. The first kappa shape index (κ1) is 15.0. The minimum Gasteiger partial charge on any atom is -0.348 e. The van der Waals surface area contributed by atoms with Crippen LogP contribution in [0.2, 0.25) is 0 Å². The van der Waals surface area contributed by atoms with Crippen molar-refractivity contribution < 1.29 is 4.79 Å². The molecule has 1 amide bonds. The van der Waals surface area contributed by atoms with E-state index >= 15 is 0 Å². The summed E-state index contributed by atoms with van der Waals surface area (Å²) in [5, 5.41) is 6.50. The predicted molar refractivity (Wildman–Crippen MR) is 82.5 cm³/mol. The molecule has 2 N–H and O–H groups in total. The van der Waals surface area contributed by atoms with Gasteiger partial charge in [-0.05, 0) is 44.2 Å². The molecule has 2 atom stereocenters. The van der Waals surface area contributed by atoms with E-state index in [0.29, 0.717) is 0 Å². The molecule has 1 aromatic carbocycles. The summed E-state index contributed by atoms with van der Waals surface area (Å²) in [5.74, 6) is 0.114. The second-order valence-corrected chi connectivity index (χ2v) is 6.62. The van der Waals surface area contributed by atoms with Gasteiger partial charge in [0, 0.05) is 0 Å². The van der Waals surface area contributed by atoms with E-state index in [1.807, 2.05) is 6.92 Å². The minimum atomic E-state index is -0.0934. The lowest BCUT2D eigenvalue weighted by Crippen LogP contribution is -2.55. The maximum Gasteiger partial charge on any atom is 0.238 e. The van der Waals surface area contributed by atoms with E-state index in [0.717, 1.165) is 24.9 Å². The van der Waals surface area contributed by atoms with Crippen molar-refractivity contribution in [3.8, 4) is 0 Å². The fourth-order valence-corrected chi connectivity index (χ4v) is 2.89. The lowest BCUT2D eigenvalue weighted by atomic mass is 9.77. The number of hydrogen-bond donors (Lipinski definition) is 2. The molecule has 2 rings (SSSR count). The largest absolute Gasteiger partial charge is 0.348 e. The number of piperidine rings is 1. The maximum absolute atomic E-state index is 12.5. The van der Waals surface area contributed by atoms with Gasteiger partial charge in [-0.1, -0.05) is 43.7 Å². The lowest BCUT2D eigenvalue weighted by molar-refractivity contribution is -0.127. The molecule has 1 saturated heterocycles. The van der Waals surface area contributed by atoms with E-state index in [-0.39, 0.29) is 23.4 Å². The molecule has 1 heterocycles. The molecule has 1 aromatic rings. The Hall–Kier alpha value is -1.35. The van der Waals surface area contributed by atoms with Gasteiger partial charge >= 0.3 is 0 Å². The van der Waals surface area contributed by atoms with Crippen LogP contribution >= 0.6 is 0 Å². The molecule has 0 saturated carbocycles. The Labute approximate surface area is 122 Å². The highest BCUT2D eigenvalue weighted by Crippen LogP contribution is 2.30. The topological polar surface area (TPSA) is 41.1 Å². The van der Waals surface area contributed by atoms with E-state index in [4.69, 9.17) is 0 Å². The van der Waals surface area contributed by atoms with E-state index < -0.39 is 0 Å². The lowest BCUT2D eigenvalue weighted by Gasteiger charge is -2.38. The molecule has 3 nitrogen and oxygen atoms in total. The van der Waals surface area contributed by atoms with Gasteiger partial charge in [-0.3, -0.25) is 4.79 Å². The second kappa shape index (κ2) is 5.96. The van der Waals surface area contributed by atoms with E-state index in [1.165, 1.54) is 5.56 Å². The van der Waals surface area contributed by atoms with Gasteiger partial charge in [-0.2, -0.15) is 0 Å². The first-order chi connectivity index (χ1) is 9.40. The highest BCUT2D eigenvalue weighted by atomic mass is 16.2. The smallest absolute Gasteiger partial charge is 0.238 e. The molecule has 3 heteroatoms. The van der Waals surface area contributed by atoms with Gasteiger partial charge in [-0.25, -0.2) is 0 Å². The summed E-state index contributed by atoms with van der Waals surface area (Å²) in [7, 11) is 0. The SMILES string of the molecule is Cc1ccc(C(C)NC(=O)C2NCCCC2(C)C)cc1. The Balaban J connectivity index is 2.01. The predicted octanol–water partition coefficient (Wildman–Crippen LogP) is 2.95. The van der Waals surface area contributed by atoms with Crippen molar-refractivity contribution in [2.75, 3.05) is 6.54 Å². The Morgan fingerprint density at radius 1 is 1.35 bits per heavy atom. The van der Waals surface area contributed by atoms with Crippen LogP contribution in [0.15, 0.2) is 24.3 Å². The van der Waals surface area contributed by atoms with Gasteiger partial charge in [-0.15, -0.1) is 0 Å². The molecule has 0 bridgehead atoms. The molecule has 1 aliphatic heterocycles. The number of rotatable bonds is 3. The normalized spacial score (nSPS) is 23.1. The third kappa shape index (κ3) is 3.40. The Morgan fingerprint density at radius 2 is 2.00 bits per heavy atom. The van der Waals surface area contributed by atoms with Gasteiger partial charge < -0.3 is 10.6 Å². The molecule has 2 unspecified atom stereocenters. The van der Waals surface area contributed by atoms with Crippen LogP contribution in [-0.4, -0.2) is 18.5 Å². The van der Waals surface area contributed by atoms with Crippen molar-refractivity contribution in [2.24, 2.45) is 5.41 Å². The van der Waals surface area contributed by atoms with Crippen molar-refractivity contribution >= 4 is 5.91 Å². The van der Waals surface area contributed by atoms with E-state index in [9.17, 15) is 4.79 Å². The average molecular weight is 274 g/mol. The van der Waals surface area contributed by atoms with Gasteiger partial charge in [0.15, 0.2) is 0 Å². The van der Waals surface area contributed by atoms with Crippen LogP contribution in [0.4, 0.5) is 0 Å². The number of aryl methyl sites for hydroxylation is 1. The van der Waals surface area contributed by atoms with Crippen molar-refractivity contribution in [2.45, 2.75) is 52.6 Å². The summed E-state index contributed by atoms with van der Waals surface area (Å²) >= 11 is 0. The zero-order valence-electron chi connectivity index (χ0n) is 13.0. The zero-order valence-corrected chi connectivity index (χ0v) is 13.0. The molecular formula is C17H26N2O. The molecule has 0 spiro atoms. The Kier molecular flexibility index (Phi) is 4.48. The first-order valence-corrected chi connectivity index (χ1v) is 7.50. The minimum absolute atomic E-state index is 0.0231. The summed E-state index contributed by atoms with van der Waals surface area (Å²) in [5.41, 5.74) is 2.41. The van der Waals surface area contributed by atoms with Crippen molar-refractivity contribution in [1.29, 1.82) is 0 Å². The molecule has 110 valence electrons. The highest BCUT2D eigenvalue weighted by molar-refractivity contribution is 5.83. The summed E-state index contributed by atoms with van der Waals surface area (Å²) in [6, 6.07) is 8.29. The summed E-state index contributed by atoms with van der Waals surface area (Å²) in [4.78, 5) is 12.5. The fraction of sp³-hybridized carbons (Fsp3) is 0.588. The van der Waals surface area contributed by atoms with Crippen LogP contribution in [0.3, 0.4) is 0 Å². The number of benzene rings is 1. The average Bonchev–Trinajstić information content (AvgIpc) is 2.38. The zero-order chi connectivity index (χ0) is 14.8. The van der Waals surface area contributed by atoms with Gasteiger partial charge in [0.1, 0.15) is 0 Å². The maximum atomic E-state index is 12.5. The third-order valence-corrected chi connectivity index (χ3v) is 4.33. The number of carbonyl (C=O) groups excluding carboxylic acids is 1. The van der Waals surface area contributed by atoms with Gasteiger partial charge in [0.2, 0.25) is 5.91 Å². The standard InChI is InChI=1S/C17H26N2O/c1-12-6-8-14(9-7-12)13(2)19-16(20)15-17(3,4)10-5-11-18-15/h6-9,13,15,18H,5,10-11H2,1-4H3,(H,19,20). The van der Waals surface area contributed by atoms with Crippen LogP contribution in [0.1, 0.15) is 50.8 Å². The molecule has 0 aliphatic carbocycles. The second-order valence-electron chi connectivity index (χ2n) is 6.62. The number of amides is 1. The summed E-state index contributed by atoms with van der Waals surface area (Å²) < 4.78 is 0. The van der Waals surface area contributed by atoms with Crippen LogP contribution in [0.25, 0.3) is 0 Å². The Morgan fingerprint density at radius 3 is 2.60 bits per heavy atom.